The molecule has 1 aromatic rings. The molecule has 0 saturated heterocycles. The number of carbonyl (C=O) groups is 2. The van der Waals surface area contributed by atoms with Crippen molar-refractivity contribution in [3.63, 3.8) is 0 Å². The van der Waals surface area contributed by atoms with Crippen molar-refractivity contribution in [2.24, 2.45) is 23.2 Å². The molecule has 0 unspecified atom stereocenters. The van der Waals surface area contributed by atoms with Crippen LogP contribution in [0.5, 0.6) is 0 Å². The molecule has 0 aromatic heterocycles. The molecule has 4 heteroatoms. The van der Waals surface area contributed by atoms with Gasteiger partial charge < -0.3 is 10.6 Å². The first-order valence-corrected chi connectivity index (χ1v) is 9.11. The summed E-state index contributed by atoms with van der Waals surface area (Å²) < 4.78 is 0. The van der Waals surface area contributed by atoms with Crippen LogP contribution in [-0.4, -0.2) is 11.8 Å². The van der Waals surface area contributed by atoms with Gasteiger partial charge in [0.1, 0.15) is 0 Å². The summed E-state index contributed by atoms with van der Waals surface area (Å²) in [5.41, 5.74) is 3.16. The molecule has 2 fully saturated rings. The Morgan fingerprint density at radius 1 is 1.12 bits per heavy atom. The normalized spacial score (nSPS) is 23.5. The van der Waals surface area contributed by atoms with Crippen LogP contribution in [0.4, 0.5) is 5.69 Å². The molecule has 2 aliphatic carbocycles. The fraction of sp³-hybridized carbons (Fsp3) is 0.524. The Morgan fingerprint density at radius 2 is 1.76 bits per heavy atom. The second-order valence-electron chi connectivity index (χ2n) is 8.25. The van der Waals surface area contributed by atoms with Gasteiger partial charge in [0, 0.05) is 18.2 Å². The summed E-state index contributed by atoms with van der Waals surface area (Å²) in [4.78, 5) is 24.2. The maximum Gasteiger partial charge on any atom is 0.227 e. The number of allylic oxidation sites excluding steroid dienone is 2. The average molecular weight is 340 g/mol. The fourth-order valence-electron chi connectivity index (χ4n) is 3.44. The van der Waals surface area contributed by atoms with Crippen LogP contribution in [0.3, 0.4) is 0 Å². The minimum Gasteiger partial charge on any atom is -0.352 e. The number of carbonyl (C=O) groups excluding carboxylic acids is 2. The summed E-state index contributed by atoms with van der Waals surface area (Å²) >= 11 is 0. The number of hydrogen-bond acceptors (Lipinski definition) is 2. The third-order valence-corrected chi connectivity index (χ3v) is 5.34. The minimum atomic E-state index is 0.0400. The Bertz CT molecular complexity index is 695. The second-order valence-corrected chi connectivity index (χ2v) is 8.25. The number of anilines is 1. The van der Waals surface area contributed by atoms with Gasteiger partial charge in [0.25, 0.3) is 0 Å². The van der Waals surface area contributed by atoms with Crippen molar-refractivity contribution in [3.8, 4) is 0 Å². The SMILES string of the molecule is CC(C)=C[C@H]1[C@@H](C(=O)NCc2ccc(NC(=O)C3CC3)cc2)C1(C)C. The van der Waals surface area contributed by atoms with Crippen molar-refractivity contribution < 1.29 is 9.59 Å². The molecule has 3 rings (SSSR count). The monoisotopic (exact) mass is 340 g/mol. The molecule has 2 saturated carbocycles. The predicted octanol–water partition coefficient (Wildman–Crippen LogP) is 3.89. The van der Waals surface area contributed by atoms with Crippen LogP contribution in [0.2, 0.25) is 0 Å². The van der Waals surface area contributed by atoms with E-state index in [9.17, 15) is 9.59 Å². The fourth-order valence-corrected chi connectivity index (χ4v) is 3.44. The highest BCUT2D eigenvalue weighted by Crippen LogP contribution is 2.59. The largest absolute Gasteiger partial charge is 0.352 e. The minimum absolute atomic E-state index is 0.0400. The molecule has 25 heavy (non-hydrogen) atoms. The van der Waals surface area contributed by atoms with Gasteiger partial charge in [-0.1, -0.05) is 37.6 Å². The molecule has 1 aromatic carbocycles. The summed E-state index contributed by atoms with van der Waals surface area (Å²) in [6, 6.07) is 7.70. The van der Waals surface area contributed by atoms with Gasteiger partial charge in [-0.3, -0.25) is 9.59 Å². The summed E-state index contributed by atoms with van der Waals surface area (Å²) in [6.07, 6.45) is 4.21. The van der Waals surface area contributed by atoms with Gasteiger partial charge in [-0.05, 0) is 55.7 Å². The molecule has 0 radical (unpaired) electrons. The molecule has 134 valence electrons. The molecule has 2 aliphatic rings. The van der Waals surface area contributed by atoms with Gasteiger partial charge >= 0.3 is 0 Å². The lowest BCUT2D eigenvalue weighted by Gasteiger charge is -2.08. The Balaban J connectivity index is 1.50. The van der Waals surface area contributed by atoms with E-state index in [1.165, 1.54) is 5.57 Å². The maximum absolute atomic E-state index is 12.5. The van der Waals surface area contributed by atoms with E-state index in [2.05, 4.69) is 44.4 Å². The topological polar surface area (TPSA) is 58.2 Å². The van der Waals surface area contributed by atoms with Crippen molar-refractivity contribution in [1.82, 2.24) is 5.32 Å². The highest BCUT2D eigenvalue weighted by molar-refractivity contribution is 5.94. The van der Waals surface area contributed by atoms with E-state index in [0.717, 1.165) is 24.1 Å². The molecule has 0 heterocycles. The van der Waals surface area contributed by atoms with Gasteiger partial charge in [-0.15, -0.1) is 0 Å². The first-order chi connectivity index (χ1) is 11.8. The summed E-state index contributed by atoms with van der Waals surface area (Å²) in [7, 11) is 0. The summed E-state index contributed by atoms with van der Waals surface area (Å²) in [6.45, 7) is 8.97. The van der Waals surface area contributed by atoms with Crippen LogP contribution < -0.4 is 10.6 Å². The van der Waals surface area contributed by atoms with E-state index < -0.39 is 0 Å². The Morgan fingerprint density at radius 3 is 2.32 bits per heavy atom. The zero-order chi connectivity index (χ0) is 18.2. The highest BCUT2D eigenvalue weighted by Gasteiger charge is 2.60. The summed E-state index contributed by atoms with van der Waals surface area (Å²) in [5.74, 6) is 0.826. The van der Waals surface area contributed by atoms with Gasteiger partial charge in [0.15, 0.2) is 0 Å². The number of rotatable bonds is 6. The first-order valence-electron chi connectivity index (χ1n) is 9.11. The van der Waals surface area contributed by atoms with Crippen molar-refractivity contribution in [2.45, 2.75) is 47.1 Å². The molecule has 0 aliphatic heterocycles. The third kappa shape index (κ3) is 4.12. The lowest BCUT2D eigenvalue weighted by atomic mass is 10.1. The zero-order valence-corrected chi connectivity index (χ0v) is 15.6. The van der Waals surface area contributed by atoms with E-state index in [1.807, 2.05) is 24.3 Å². The number of amides is 2. The van der Waals surface area contributed by atoms with Crippen molar-refractivity contribution in [3.05, 3.63) is 41.5 Å². The molecular weight excluding hydrogens is 312 g/mol. The van der Waals surface area contributed by atoms with Gasteiger partial charge in [-0.25, -0.2) is 0 Å². The van der Waals surface area contributed by atoms with Crippen LogP contribution in [0.1, 0.15) is 46.1 Å². The number of benzene rings is 1. The first kappa shape index (κ1) is 17.7. The smallest absolute Gasteiger partial charge is 0.227 e. The van der Waals surface area contributed by atoms with Crippen molar-refractivity contribution in [1.29, 1.82) is 0 Å². The van der Waals surface area contributed by atoms with E-state index >= 15 is 0 Å². The molecule has 0 bridgehead atoms. The maximum atomic E-state index is 12.5. The molecule has 0 spiro atoms. The van der Waals surface area contributed by atoms with E-state index in [4.69, 9.17) is 0 Å². The lowest BCUT2D eigenvalue weighted by molar-refractivity contribution is -0.123. The molecule has 2 atom stereocenters. The van der Waals surface area contributed by atoms with E-state index in [0.29, 0.717) is 12.5 Å². The van der Waals surface area contributed by atoms with E-state index in [-0.39, 0.29) is 29.1 Å². The van der Waals surface area contributed by atoms with Gasteiger partial charge in [0.05, 0.1) is 5.92 Å². The van der Waals surface area contributed by atoms with Crippen molar-refractivity contribution >= 4 is 17.5 Å². The number of hydrogen-bond donors (Lipinski definition) is 2. The predicted molar refractivity (Wildman–Crippen MR) is 99.8 cm³/mol. The Kier molecular flexibility index (Phi) is 4.72. The molecule has 2 N–H and O–H groups in total. The highest BCUT2D eigenvalue weighted by atomic mass is 16.2. The molecule has 2 amide bonds. The summed E-state index contributed by atoms with van der Waals surface area (Å²) in [5, 5.41) is 5.98. The van der Waals surface area contributed by atoms with Crippen LogP contribution in [0, 0.1) is 23.2 Å². The average Bonchev–Trinajstić information content (AvgIpc) is 3.44. The van der Waals surface area contributed by atoms with Gasteiger partial charge in [0.2, 0.25) is 11.8 Å². The van der Waals surface area contributed by atoms with Gasteiger partial charge in [-0.2, -0.15) is 0 Å². The Labute approximate surface area is 150 Å². The molecular formula is C21H28N2O2. The zero-order valence-electron chi connectivity index (χ0n) is 15.6. The van der Waals surface area contributed by atoms with E-state index in [1.54, 1.807) is 0 Å². The van der Waals surface area contributed by atoms with Crippen LogP contribution in [0.15, 0.2) is 35.9 Å². The quantitative estimate of drug-likeness (QED) is 0.772. The second kappa shape index (κ2) is 6.66. The van der Waals surface area contributed by atoms with Crippen LogP contribution in [-0.2, 0) is 16.1 Å². The third-order valence-electron chi connectivity index (χ3n) is 5.34. The van der Waals surface area contributed by atoms with Crippen LogP contribution >= 0.6 is 0 Å². The lowest BCUT2D eigenvalue weighted by Crippen LogP contribution is -2.26. The van der Waals surface area contributed by atoms with Crippen LogP contribution in [0.25, 0.3) is 0 Å². The molecule has 4 nitrogen and oxygen atoms in total. The Hall–Kier alpha value is -2.10. The van der Waals surface area contributed by atoms with Crippen molar-refractivity contribution in [2.75, 3.05) is 5.32 Å². The number of nitrogens with one attached hydrogen (secondary N) is 2. The standard InChI is InChI=1S/C21H28N2O2/c1-13(2)11-17-18(21(17,3)4)20(25)22-12-14-5-9-16(10-6-14)23-19(24)15-7-8-15/h5-6,9-11,15,17-18H,7-8,12H2,1-4H3,(H,22,25)(H,23,24)/t17-,18-/m0/s1.